The molecule has 0 unspecified atom stereocenters. The molecule has 0 fully saturated rings. The van der Waals surface area contributed by atoms with Crippen LogP contribution in [-0.4, -0.2) is 40.1 Å². The van der Waals surface area contributed by atoms with Gasteiger partial charge >= 0.3 is 0 Å². The van der Waals surface area contributed by atoms with E-state index in [0.29, 0.717) is 5.56 Å². The molecule has 0 bridgehead atoms. The lowest BCUT2D eigenvalue weighted by Gasteiger charge is -2.20. The van der Waals surface area contributed by atoms with E-state index in [9.17, 15) is 13.2 Å². The van der Waals surface area contributed by atoms with E-state index >= 15 is 0 Å². The molecule has 0 aliphatic heterocycles. The van der Waals surface area contributed by atoms with Crippen LogP contribution in [0.4, 0.5) is 0 Å². The molecule has 1 aromatic carbocycles. The van der Waals surface area contributed by atoms with E-state index in [1.165, 1.54) is 19.2 Å². The maximum absolute atomic E-state index is 12.1. The lowest BCUT2D eigenvalue weighted by molar-refractivity contribution is 0.0919. The van der Waals surface area contributed by atoms with Gasteiger partial charge in [-0.25, -0.2) is 13.1 Å². The number of ether oxygens (including phenoxy) is 1. The molecule has 0 aliphatic rings. The van der Waals surface area contributed by atoms with Gasteiger partial charge in [0, 0.05) is 24.8 Å². The maximum Gasteiger partial charge on any atom is 0.251 e. The maximum atomic E-state index is 12.1. The Morgan fingerprint density at radius 1 is 1.29 bits per heavy atom. The van der Waals surface area contributed by atoms with Crippen molar-refractivity contribution in [2.75, 3.05) is 20.3 Å². The first-order chi connectivity index (χ1) is 9.65. The number of carbonyl (C=O) groups is 1. The SMILES string of the molecule is COCCNS(=O)(=O)c1cccc(C(=O)NC(C)(C)C)c1. The average Bonchev–Trinajstić information content (AvgIpc) is 2.37. The van der Waals surface area contributed by atoms with Crippen LogP contribution in [0.1, 0.15) is 31.1 Å². The van der Waals surface area contributed by atoms with Crippen molar-refractivity contribution in [1.29, 1.82) is 0 Å². The van der Waals surface area contributed by atoms with Crippen LogP contribution in [0, 0.1) is 0 Å². The fourth-order valence-corrected chi connectivity index (χ4v) is 2.64. The molecule has 0 saturated carbocycles. The molecule has 0 saturated heterocycles. The highest BCUT2D eigenvalue weighted by Crippen LogP contribution is 2.12. The molecule has 6 nitrogen and oxygen atoms in total. The number of carbonyl (C=O) groups excluding carboxylic acids is 1. The van der Waals surface area contributed by atoms with Gasteiger partial charge < -0.3 is 10.1 Å². The Kier molecular flexibility index (Phi) is 5.88. The molecule has 0 heterocycles. The zero-order chi connectivity index (χ0) is 16.1. The summed E-state index contributed by atoms with van der Waals surface area (Å²) in [4.78, 5) is 12.1. The van der Waals surface area contributed by atoms with E-state index < -0.39 is 10.0 Å². The highest BCUT2D eigenvalue weighted by Gasteiger charge is 2.18. The summed E-state index contributed by atoms with van der Waals surface area (Å²) >= 11 is 0. The van der Waals surface area contributed by atoms with Crippen LogP contribution in [-0.2, 0) is 14.8 Å². The summed E-state index contributed by atoms with van der Waals surface area (Å²) in [5.41, 5.74) is -0.0811. The van der Waals surface area contributed by atoms with Gasteiger partial charge in [0.05, 0.1) is 11.5 Å². The van der Waals surface area contributed by atoms with Gasteiger partial charge in [0.15, 0.2) is 0 Å². The van der Waals surface area contributed by atoms with Gasteiger partial charge in [-0.1, -0.05) is 6.07 Å². The number of benzene rings is 1. The Balaban J connectivity index is 2.92. The van der Waals surface area contributed by atoms with Gasteiger partial charge in [-0.3, -0.25) is 4.79 Å². The molecule has 2 N–H and O–H groups in total. The third kappa shape index (κ3) is 5.82. The number of rotatable bonds is 6. The number of nitrogens with one attached hydrogen (secondary N) is 2. The van der Waals surface area contributed by atoms with E-state index in [1.807, 2.05) is 20.8 Å². The van der Waals surface area contributed by atoms with Gasteiger partial charge in [0.25, 0.3) is 5.91 Å². The Morgan fingerprint density at radius 3 is 2.52 bits per heavy atom. The van der Waals surface area contributed by atoms with Gasteiger partial charge in [-0.05, 0) is 39.0 Å². The first-order valence-electron chi connectivity index (χ1n) is 6.57. The molecule has 1 aromatic rings. The molecule has 1 amide bonds. The molecule has 118 valence electrons. The van der Waals surface area contributed by atoms with Crippen molar-refractivity contribution in [3.63, 3.8) is 0 Å². The zero-order valence-corrected chi connectivity index (χ0v) is 13.6. The fourth-order valence-electron chi connectivity index (χ4n) is 1.58. The molecule has 0 spiro atoms. The quantitative estimate of drug-likeness (QED) is 0.771. The third-order valence-electron chi connectivity index (χ3n) is 2.49. The molecule has 0 aliphatic carbocycles. The van der Waals surface area contributed by atoms with Crippen LogP contribution in [0.5, 0.6) is 0 Å². The zero-order valence-electron chi connectivity index (χ0n) is 12.8. The fraction of sp³-hybridized carbons (Fsp3) is 0.500. The molecule has 21 heavy (non-hydrogen) atoms. The van der Waals surface area contributed by atoms with Crippen molar-refractivity contribution >= 4 is 15.9 Å². The monoisotopic (exact) mass is 314 g/mol. The number of hydrogen-bond acceptors (Lipinski definition) is 4. The summed E-state index contributed by atoms with van der Waals surface area (Å²) < 4.78 is 31.3. The molecular weight excluding hydrogens is 292 g/mol. The van der Waals surface area contributed by atoms with E-state index in [2.05, 4.69) is 10.0 Å². The number of amides is 1. The minimum Gasteiger partial charge on any atom is -0.383 e. The van der Waals surface area contributed by atoms with Gasteiger partial charge in [-0.2, -0.15) is 0 Å². The summed E-state index contributed by atoms with van der Waals surface area (Å²) in [5, 5.41) is 2.79. The minimum atomic E-state index is -3.64. The topological polar surface area (TPSA) is 84.5 Å². The number of methoxy groups -OCH3 is 1. The van der Waals surface area contributed by atoms with E-state index in [4.69, 9.17) is 4.74 Å². The molecule has 0 atom stereocenters. The van der Waals surface area contributed by atoms with Crippen molar-refractivity contribution in [1.82, 2.24) is 10.0 Å². The number of hydrogen-bond donors (Lipinski definition) is 2. The van der Waals surface area contributed by atoms with Crippen LogP contribution in [0.2, 0.25) is 0 Å². The first-order valence-corrected chi connectivity index (χ1v) is 8.05. The average molecular weight is 314 g/mol. The van der Waals surface area contributed by atoms with Crippen molar-refractivity contribution in [2.24, 2.45) is 0 Å². The highest BCUT2D eigenvalue weighted by atomic mass is 32.2. The second-order valence-electron chi connectivity index (χ2n) is 5.62. The summed E-state index contributed by atoms with van der Waals surface area (Å²) in [7, 11) is -2.15. The largest absolute Gasteiger partial charge is 0.383 e. The Hall–Kier alpha value is -1.44. The summed E-state index contributed by atoms with van der Waals surface area (Å²) in [5.74, 6) is -0.309. The van der Waals surface area contributed by atoms with Crippen LogP contribution in [0.3, 0.4) is 0 Å². The molecule has 1 rings (SSSR count). The first kappa shape index (κ1) is 17.6. The van der Waals surface area contributed by atoms with Crippen molar-refractivity contribution < 1.29 is 17.9 Å². The molecular formula is C14H22N2O4S. The standard InChI is InChI=1S/C14H22N2O4S/c1-14(2,3)16-13(17)11-6-5-7-12(10-11)21(18,19)15-8-9-20-4/h5-7,10,15H,8-9H2,1-4H3,(H,16,17). The summed E-state index contributed by atoms with van der Waals surface area (Å²) in [6.07, 6.45) is 0. The Morgan fingerprint density at radius 2 is 1.95 bits per heavy atom. The van der Waals surface area contributed by atoms with Crippen LogP contribution in [0.25, 0.3) is 0 Å². The van der Waals surface area contributed by atoms with Gasteiger partial charge in [0.1, 0.15) is 0 Å². The predicted octanol–water partition coefficient (Wildman–Crippen LogP) is 1.14. The van der Waals surface area contributed by atoms with E-state index in [-0.39, 0.29) is 29.5 Å². The van der Waals surface area contributed by atoms with E-state index in [1.54, 1.807) is 12.1 Å². The Bertz CT molecular complexity index is 591. The lowest BCUT2D eigenvalue weighted by atomic mass is 10.1. The summed E-state index contributed by atoms with van der Waals surface area (Å²) in [6.45, 7) is 6.04. The van der Waals surface area contributed by atoms with Crippen molar-refractivity contribution in [3.05, 3.63) is 29.8 Å². The number of sulfonamides is 1. The Labute approximate surface area is 125 Å². The van der Waals surface area contributed by atoms with Crippen LogP contribution < -0.4 is 10.0 Å². The normalized spacial score (nSPS) is 12.2. The van der Waals surface area contributed by atoms with Crippen molar-refractivity contribution in [2.45, 2.75) is 31.2 Å². The lowest BCUT2D eigenvalue weighted by Crippen LogP contribution is -2.40. The van der Waals surface area contributed by atoms with E-state index in [0.717, 1.165) is 0 Å². The molecule has 0 aromatic heterocycles. The molecule has 0 radical (unpaired) electrons. The second kappa shape index (κ2) is 7.02. The highest BCUT2D eigenvalue weighted by molar-refractivity contribution is 7.89. The smallest absolute Gasteiger partial charge is 0.251 e. The van der Waals surface area contributed by atoms with Gasteiger partial charge in [0.2, 0.25) is 10.0 Å². The van der Waals surface area contributed by atoms with Crippen molar-refractivity contribution in [3.8, 4) is 0 Å². The molecule has 7 heteroatoms. The predicted molar refractivity (Wildman–Crippen MR) is 80.7 cm³/mol. The van der Waals surface area contributed by atoms with Crippen LogP contribution in [0.15, 0.2) is 29.2 Å². The second-order valence-corrected chi connectivity index (χ2v) is 7.39. The third-order valence-corrected chi connectivity index (χ3v) is 3.95. The minimum absolute atomic E-state index is 0.0557. The van der Waals surface area contributed by atoms with Crippen LogP contribution >= 0.6 is 0 Å². The summed E-state index contributed by atoms with van der Waals surface area (Å²) in [6, 6.07) is 5.93. The van der Waals surface area contributed by atoms with Gasteiger partial charge in [-0.15, -0.1) is 0 Å².